The summed E-state index contributed by atoms with van der Waals surface area (Å²) in [5, 5.41) is 9.90. The maximum atomic E-state index is 9.90. The van der Waals surface area contributed by atoms with Crippen molar-refractivity contribution in [2.45, 2.75) is 58.5 Å². The molecule has 1 atom stereocenters. The van der Waals surface area contributed by atoms with Gasteiger partial charge in [0.25, 0.3) is 0 Å². The van der Waals surface area contributed by atoms with Crippen LogP contribution in [0, 0.1) is 0 Å². The summed E-state index contributed by atoms with van der Waals surface area (Å²) < 4.78 is 5.88. The number of para-hydroxylation sites is 1. The van der Waals surface area contributed by atoms with Gasteiger partial charge in [0.15, 0.2) is 0 Å². The van der Waals surface area contributed by atoms with Crippen LogP contribution in [0.5, 0.6) is 5.75 Å². The van der Waals surface area contributed by atoms with Gasteiger partial charge in [0, 0.05) is 12.2 Å². The number of aromatic hydroxyl groups is 1. The molecule has 0 saturated heterocycles. The lowest BCUT2D eigenvalue weighted by molar-refractivity contribution is 0.0436. The molecule has 2 heteroatoms. The van der Waals surface area contributed by atoms with Crippen LogP contribution < -0.4 is 0 Å². The SMILES string of the molecule is CCCCCCC(OCCC)c1ccccc1O. The van der Waals surface area contributed by atoms with Crippen molar-refractivity contribution >= 4 is 0 Å². The number of phenolic OH excluding ortho intramolecular Hbond substituents is 1. The topological polar surface area (TPSA) is 29.5 Å². The molecule has 0 spiro atoms. The van der Waals surface area contributed by atoms with E-state index in [1.807, 2.05) is 18.2 Å². The van der Waals surface area contributed by atoms with Gasteiger partial charge in [0.2, 0.25) is 0 Å². The first-order chi connectivity index (χ1) is 8.79. The van der Waals surface area contributed by atoms with E-state index in [1.54, 1.807) is 6.07 Å². The molecule has 0 aromatic heterocycles. The van der Waals surface area contributed by atoms with Gasteiger partial charge in [-0.05, 0) is 18.9 Å². The van der Waals surface area contributed by atoms with Crippen molar-refractivity contribution in [2.75, 3.05) is 6.61 Å². The average Bonchev–Trinajstić information content (AvgIpc) is 2.39. The Kier molecular flexibility index (Phi) is 7.51. The van der Waals surface area contributed by atoms with Gasteiger partial charge in [-0.25, -0.2) is 0 Å². The zero-order valence-corrected chi connectivity index (χ0v) is 11.7. The Bertz CT molecular complexity index is 323. The van der Waals surface area contributed by atoms with Gasteiger partial charge in [-0.3, -0.25) is 0 Å². The van der Waals surface area contributed by atoms with Crippen LogP contribution in [0.1, 0.15) is 64.0 Å². The Balaban J connectivity index is 2.57. The molecule has 102 valence electrons. The van der Waals surface area contributed by atoms with Crippen LogP contribution in [0.4, 0.5) is 0 Å². The molecule has 0 aliphatic rings. The fourth-order valence-electron chi connectivity index (χ4n) is 2.11. The fraction of sp³-hybridized carbons (Fsp3) is 0.625. The van der Waals surface area contributed by atoms with Crippen LogP contribution in [-0.2, 0) is 4.74 Å². The summed E-state index contributed by atoms with van der Waals surface area (Å²) in [6.07, 6.45) is 6.99. The Hall–Kier alpha value is -1.02. The highest BCUT2D eigenvalue weighted by Crippen LogP contribution is 2.30. The molecule has 0 saturated carbocycles. The van der Waals surface area contributed by atoms with E-state index in [1.165, 1.54) is 19.3 Å². The molecule has 0 heterocycles. The fourth-order valence-corrected chi connectivity index (χ4v) is 2.11. The number of benzene rings is 1. The largest absolute Gasteiger partial charge is 0.508 e. The van der Waals surface area contributed by atoms with E-state index < -0.39 is 0 Å². The van der Waals surface area contributed by atoms with E-state index in [-0.39, 0.29) is 6.10 Å². The van der Waals surface area contributed by atoms with Crippen LogP contribution >= 0.6 is 0 Å². The average molecular weight is 250 g/mol. The van der Waals surface area contributed by atoms with E-state index >= 15 is 0 Å². The summed E-state index contributed by atoms with van der Waals surface area (Å²) in [6, 6.07) is 7.52. The molecule has 0 radical (unpaired) electrons. The van der Waals surface area contributed by atoms with Crippen LogP contribution in [0.25, 0.3) is 0 Å². The molecule has 18 heavy (non-hydrogen) atoms. The van der Waals surface area contributed by atoms with E-state index in [9.17, 15) is 5.11 Å². The molecule has 0 aliphatic carbocycles. The van der Waals surface area contributed by atoms with E-state index in [0.717, 1.165) is 31.4 Å². The van der Waals surface area contributed by atoms with Crippen molar-refractivity contribution in [3.8, 4) is 5.75 Å². The molecule has 1 aromatic carbocycles. The van der Waals surface area contributed by atoms with Crippen molar-refractivity contribution in [3.63, 3.8) is 0 Å². The lowest BCUT2D eigenvalue weighted by atomic mass is 10.0. The summed E-state index contributed by atoms with van der Waals surface area (Å²) in [7, 11) is 0. The van der Waals surface area contributed by atoms with Crippen molar-refractivity contribution in [1.29, 1.82) is 0 Å². The maximum Gasteiger partial charge on any atom is 0.121 e. The molecule has 2 nitrogen and oxygen atoms in total. The molecule has 0 amide bonds. The Labute approximate surface area is 111 Å². The summed E-state index contributed by atoms with van der Waals surface area (Å²) >= 11 is 0. The third kappa shape index (κ3) is 5.09. The van der Waals surface area contributed by atoms with Crippen molar-refractivity contribution in [3.05, 3.63) is 29.8 Å². The number of hydrogen-bond donors (Lipinski definition) is 1. The van der Waals surface area contributed by atoms with Gasteiger partial charge in [-0.15, -0.1) is 0 Å². The molecular weight excluding hydrogens is 224 g/mol. The second-order valence-electron chi connectivity index (χ2n) is 4.77. The van der Waals surface area contributed by atoms with Crippen molar-refractivity contribution in [1.82, 2.24) is 0 Å². The van der Waals surface area contributed by atoms with Crippen LogP contribution in [0.15, 0.2) is 24.3 Å². The Morgan fingerprint density at radius 1 is 1.06 bits per heavy atom. The van der Waals surface area contributed by atoms with E-state index in [0.29, 0.717) is 5.75 Å². The number of hydrogen-bond acceptors (Lipinski definition) is 2. The maximum absolute atomic E-state index is 9.90. The van der Waals surface area contributed by atoms with Crippen molar-refractivity contribution in [2.24, 2.45) is 0 Å². The van der Waals surface area contributed by atoms with Gasteiger partial charge < -0.3 is 9.84 Å². The lowest BCUT2D eigenvalue weighted by Crippen LogP contribution is -2.06. The molecule has 1 N–H and O–H groups in total. The molecule has 0 aliphatic heterocycles. The summed E-state index contributed by atoms with van der Waals surface area (Å²) in [5.41, 5.74) is 0.933. The van der Waals surface area contributed by atoms with Crippen LogP contribution in [-0.4, -0.2) is 11.7 Å². The zero-order valence-electron chi connectivity index (χ0n) is 11.7. The van der Waals surface area contributed by atoms with Gasteiger partial charge >= 0.3 is 0 Å². The van der Waals surface area contributed by atoms with Crippen LogP contribution in [0.3, 0.4) is 0 Å². The van der Waals surface area contributed by atoms with Gasteiger partial charge in [0.05, 0.1) is 6.10 Å². The normalized spacial score (nSPS) is 12.6. The lowest BCUT2D eigenvalue weighted by Gasteiger charge is -2.19. The first kappa shape index (κ1) is 15.0. The second kappa shape index (κ2) is 8.98. The minimum atomic E-state index is 0.0445. The monoisotopic (exact) mass is 250 g/mol. The number of rotatable bonds is 9. The molecule has 1 aromatic rings. The predicted octanol–water partition coefficient (Wildman–Crippen LogP) is 4.83. The second-order valence-corrected chi connectivity index (χ2v) is 4.77. The smallest absolute Gasteiger partial charge is 0.121 e. The molecule has 0 bridgehead atoms. The summed E-state index contributed by atoms with van der Waals surface area (Å²) in [4.78, 5) is 0. The number of unbranched alkanes of at least 4 members (excludes halogenated alkanes) is 3. The van der Waals surface area contributed by atoms with E-state index in [4.69, 9.17) is 4.74 Å². The van der Waals surface area contributed by atoms with Crippen molar-refractivity contribution < 1.29 is 9.84 Å². The highest BCUT2D eigenvalue weighted by atomic mass is 16.5. The number of ether oxygens (including phenoxy) is 1. The summed E-state index contributed by atoms with van der Waals surface area (Å²) in [6.45, 7) is 5.08. The first-order valence-corrected chi connectivity index (χ1v) is 7.19. The van der Waals surface area contributed by atoms with Gasteiger partial charge in [-0.1, -0.05) is 57.7 Å². The molecule has 1 rings (SSSR count). The predicted molar refractivity (Wildman–Crippen MR) is 75.8 cm³/mol. The third-order valence-electron chi connectivity index (χ3n) is 3.13. The minimum absolute atomic E-state index is 0.0445. The van der Waals surface area contributed by atoms with Crippen LogP contribution in [0.2, 0.25) is 0 Å². The third-order valence-corrected chi connectivity index (χ3v) is 3.13. The molecule has 1 unspecified atom stereocenters. The standard InChI is InChI=1S/C16H26O2/c1-3-5-6-7-12-16(18-13-4-2)14-10-8-9-11-15(14)17/h8-11,16-17H,3-7,12-13H2,1-2H3. The van der Waals surface area contributed by atoms with Gasteiger partial charge in [0.1, 0.15) is 5.75 Å². The highest BCUT2D eigenvalue weighted by Gasteiger charge is 2.14. The first-order valence-electron chi connectivity index (χ1n) is 7.19. The summed E-state index contributed by atoms with van der Waals surface area (Å²) in [5.74, 6) is 0.356. The molecular formula is C16H26O2. The number of phenols is 1. The van der Waals surface area contributed by atoms with E-state index in [2.05, 4.69) is 13.8 Å². The quantitative estimate of drug-likeness (QED) is 0.636. The Morgan fingerprint density at radius 2 is 1.83 bits per heavy atom. The Morgan fingerprint density at radius 3 is 2.50 bits per heavy atom. The van der Waals surface area contributed by atoms with Gasteiger partial charge in [-0.2, -0.15) is 0 Å². The zero-order chi connectivity index (χ0) is 13.2. The highest BCUT2D eigenvalue weighted by molar-refractivity contribution is 5.33. The molecule has 0 fully saturated rings. The minimum Gasteiger partial charge on any atom is -0.508 e.